The van der Waals surface area contributed by atoms with Crippen molar-refractivity contribution in [2.75, 3.05) is 5.32 Å². The second kappa shape index (κ2) is 6.54. The average molecular weight is 364 g/mol. The van der Waals surface area contributed by atoms with Crippen LogP contribution in [0.1, 0.15) is 22.4 Å². The van der Waals surface area contributed by atoms with Gasteiger partial charge in [-0.15, -0.1) is 0 Å². The fourth-order valence-corrected chi connectivity index (χ4v) is 2.82. The van der Waals surface area contributed by atoms with E-state index >= 15 is 0 Å². The first-order chi connectivity index (χ1) is 13.0. The Morgan fingerprint density at radius 2 is 2.11 bits per heavy atom. The van der Waals surface area contributed by atoms with Crippen molar-refractivity contribution in [3.05, 3.63) is 60.2 Å². The number of carbonyl (C=O) groups is 1. The summed E-state index contributed by atoms with van der Waals surface area (Å²) in [6.45, 7) is 0. The van der Waals surface area contributed by atoms with Crippen LogP contribution in [0.5, 0.6) is 0 Å². The van der Waals surface area contributed by atoms with E-state index in [-0.39, 0.29) is 5.56 Å². The molecule has 4 rings (SSSR count). The smallest absolute Gasteiger partial charge is 0.335 e. The second-order valence-corrected chi connectivity index (χ2v) is 5.99. The van der Waals surface area contributed by atoms with Crippen molar-refractivity contribution < 1.29 is 15.0 Å². The molecule has 1 aromatic carbocycles. The summed E-state index contributed by atoms with van der Waals surface area (Å²) in [6, 6.07) is 12.2. The third-order valence-corrected chi connectivity index (χ3v) is 4.18. The van der Waals surface area contributed by atoms with Gasteiger partial charge < -0.3 is 20.5 Å². The number of anilines is 1. The number of hydrogen-bond donors (Lipinski definition) is 4. The van der Waals surface area contributed by atoms with Crippen molar-refractivity contribution in [3.8, 4) is 11.3 Å². The lowest BCUT2D eigenvalue weighted by Crippen LogP contribution is -2.15. The number of aliphatic hydroxyl groups is 1. The minimum atomic E-state index is -1.05. The van der Waals surface area contributed by atoms with E-state index in [4.69, 9.17) is 5.11 Å². The molecule has 4 N–H and O–H groups in total. The van der Waals surface area contributed by atoms with Crippen LogP contribution in [0, 0.1) is 0 Å². The number of aromatic carboxylic acids is 1. The zero-order valence-corrected chi connectivity index (χ0v) is 14.3. The van der Waals surface area contributed by atoms with Gasteiger partial charge in [-0.2, -0.15) is 5.10 Å². The third-order valence-electron chi connectivity index (χ3n) is 4.18. The van der Waals surface area contributed by atoms with Crippen molar-refractivity contribution in [1.29, 1.82) is 0 Å². The van der Waals surface area contributed by atoms with Gasteiger partial charge in [-0.05, 0) is 35.9 Å². The fourth-order valence-electron chi connectivity index (χ4n) is 2.82. The highest BCUT2D eigenvalue weighted by molar-refractivity contribution is 5.90. The number of nitrogens with one attached hydrogen (secondary N) is 2. The SMILES string of the molecule is Cn1ncnc1C(O)Nc1ccc2cc(-c3cccc(C(=O)O)c3)[nH]c2n1. The molecule has 0 bridgehead atoms. The molecule has 0 spiro atoms. The summed E-state index contributed by atoms with van der Waals surface area (Å²) in [5.41, 5.74) is 2.34. The summed E-state index contributed by atoms with van der Waals surface area (Å²) in [7, 11) is 1.69. The minimum absolute atomic E-state index is 0.216. The number of nitrogens with zero attached hydrogens (tertiary/aromatic N) is 4. The zero-order chi connectivity index (χ0) is 19.0. The van der Waals surface area contributed by atoms with E-state index in [1.807, 2.05) is 18.2 Å². The highest BCUT2D eigenvalue weighted by atomic mass is 16.4. The quantitative estimate of drug-likeness (QED) is 0.399. The van der Waals surface area contributed by atoms with E-state index in [2.05, 4.69) is 25.4 Å². The van der Waals surface area contributed by atoms with Gasteiger partial charge in [-0.3, -0.25) is 0 Å². The molecule has 1 atom stereocenters. The second-order valence-electron chi connectivity index (χ2n) is 5.99. The van der Waals surface area contributed by atoms with Crippen LogP contribution in [-0.4, -0.2) is 40.9 Å². The first-order valence-electron chi connectivity index (χ1n) is 8.13. The number of aryl methyl sites for hydroxylation is 1. The van der Waals surface area contributed by atoms with E-state index in [0.29, 0.717) is 17.3 Å². The van der Waals surface area contributed by atoms with E-state index in [1.165, 1.54) is 11.0 Å². The Balaban J connectivity index is 1.63. The molecule has 0 fully saturated rings. The topological polar surface area (TPSA) is 129 Å². The molecule has 27 heavy (non-hydrogen) atoms. The van der Waals surface area contributed by atoms with Crippen LogP contribution in [-0.2, 0) is 7.05 Å². The number of carboxylic acids is 1. The average Bonchev–Trinajstić information content (AvgIpc) is 3.27. The van der Waals surface area contributed by atoms with Gasteiger partial charge in [0.05, 0.1) is 5.56 Å². The summed E-state index contributed by atoms with van der Waals surface area (Å²) >= 11 is 0. The first-order valence-corrected chi connectivity index (χ1v) is 8.13. The van der Waals surface area contributed by atoms with Gasteiger partial charge in [-0.25, -0.2) is 19.4 Å². The van der Waals surface area contributed by atoms with Crippen LogP contribution in [0.2, 0.25) is 0 Å². The van der Waals surface area contributed by atoms with Crippen molar-refractivity contribution in [2.45, 2.75) is 6.23 Å². The van der Waals surface area contributed by atoms with E-state index in [1.54, 1.807) is 31.3 Å². The number of aliphatic hydroxyl groups excluding tert-OH is 1. The summed E-state index contributed by atoms with van der Waals surface area (Å²) in [5, 5.41) is 27.1. The van der Waals surface area contributed by atoms with Gasteiger partial charge >= 0.3 is 5.97 Å². The lowest BCUT2D eigenvalue weighted by molar-refractivity contribution is 0.0697. The molecule has 9 heteroatoms. The summed E-state index contributed by atoms with van der Waals surface area (Å²) in [4.78, 5) is 22.8. The molecule has 1 unspecified atom stereocenters. The Morgan fingerprint density at radius 3 is 2.85 bits per heavy atom. The largest absolute Gasteiger partial charge is 0.478 e. The number of hydrogen-bond acceptors (Lipinski definition) is 6. The highest BCUT2D eigenvalue weighted by Gasteiger charge is 2.14. The maximum Gasteiger partial charge on any atom is 0.335 e. The lowest BCUT2D eigenvalue weighted by Gasteiger charge is -2.12. The van der Waals surface area contributed by atoms with Crippen molar-refractivity contribution in [2.24, 2.45) is 7.05 Å². The number of carboxylic acid groups (broad SMARTS) is 1. The molecule has 0 saturated carbocycles. The molecule has 0 amide bonds. The van der Waals surface area contributed by atoms with Crippen LogP contribution < -0.4 is 5.32 Å². The predicted molar refractivity (Wildman–Crippen MR) is 98.1 cm³/mol. The summed E-state index contributed by atoms with van der Waals surface area (Å²) in [5.74, 6) is -0.143. The monoisotopic (exact) mass is 364 g/mol. The van der Waals surface area contributed by atoms with Crippen molar-refractivity contribution in [1.82, 2.24) is 24.7 Å². The van der Waals surface area contributed by atoms with Gasteiger partial charge in [0.25, 0.3) is 0 Å². The van der Waals surface area contributed by atoms with E-state index < -0.39 is 12.2 Å². The van der Waals surface area contributed by atoms with Gasteiger partial charge in [0.1, 0.15) is 17.8 Å². The maximum atomic E-state index is 11.2. The number of benzene rings is 1. The van der Waals surface area contributed by atoms with Crippen LogP contribution in [0.3, 0.4) is 0 Å². The molecule has 0 aliphatic rings. The molecular formula is C18H16N6O3. The molecule has 9 nitrogen and oxygen atoms in total. The molecule has 3 heterocycles. The van der Waals surface area contributed by atoms with Crippen LogP contribution >= 0.6 is 0 Å². The predicted octanol–water partition coefficient (Wildman–Crippen LogP) is 2.16. The molecule has 0 aliphatic heterocycles. The molecule has 4 aromatic rings. The van der Waals surface area contributed by atoms with Crippen LogP contribution in [0.4, 0.5) is 5.82 Å². The third kappa shape index (κ3) is 3.23. The maximum absolute atomic E-state index is 11.2. The minimum Gasteiger partial charge on any atom is -0.478 e. The summed E-state index contributed by atoms with van der Waals surface area (Å²) in [6.07, 6.45) is 0.309. The Morgan fingerprint density at radius 1 is 1.26 bits per heavy atom. The number of aromatic nitrogens is 5. The van der Waals surface area contributed by atoms with Gasteiger partial charge in [0.2, 0.25) is 0 Å². The molecule has 0 aliphatic carbocycles. The number of H-pyrrole nitrogens is 1. The Labute approximate surface area is 153 Å². The number of aromatic amines is 1. The van der Waals surface area contributed by atoms with Gasteiger partial charge in [-0.1, -0.05) is 12.1 Å². The Hall–Kier alpha value is -3.72. The molecule has 3 aromatic heterocycles. The fraction of sp³-hybridized carbons (Fsp3) is 0.111. The normalized spacial score (nSPS) is 12.2. The molecule has 136 valence electrons. The molecular weight excluding hydrogens is 348 g/mol. The van der Waals surface area contributed by atoms with Crippen LogP contribution in [0.15, 0.2) is 48.8 Å². The zero-order valence-electron chi connectivity index (χ0n) is 14.3. The Bertz CT molecular complexity index is 1130. The van der Waals surface area contributed by atoms with Crippen molar-refractivity contribution >= 4 is 22.8 Å². The Kier molecular flexibility index (Phi) is 4.05. The highest BCUT2D eigenvalue weighted by Crippen LogP contribution is 2.25. The first kappa shape index (κ1) is 16.7. The number of fused-ring (bicyclic) bond motifs is 1. The van der Waals surface area contributed by atoms with Gasteiger partial charge in [0, 0.05) is 18.1 Å². The van der Waals surface area contributed by atoms with Crippen molar-refractivity contribution in [3.63, 3.8) is 0 Å². The number of pyridine rings is 1. The van der Waals surface area contributed by atoms with Gasteiger partial charge in [0.15, 0.2) is 12.1 Å². The van der Waals surface area contributed by atoms with E-state index in [0.717, 1.165) is 16.6 Å². The number of rotatable bonds is 5. The lowest BCUT2D eigenvalue weighted by atomic mass is 10.1. The molecule has 0 saturated heterocycles. The van der Waals surface area contributed by atoms with E-state index in [9.17, 15) is 9.90 Å². The summed E-state index contributed by atoms with van der Waals surface area (Å²) < 4.78 is 1.47. The van der Waals surface area contributed by atoms with Crippen LogP contribution in [0.25, 0.3) is 22.3 Å². The molecule has 0 radical (unpaired) electrons. The standard InChI is InChI=1S/C18H16N6O3/c1-24-16(19-9-20-24)17(25)23-14-6-5-11-8-13(21-15(11)22-14)10-3-2-4-12(7-10)18(26)27/h2-9,17,25H,1H3,(H,26,27)(H2,21,22,23).